The first-order chi connectivity index (χ1) is 11.7. The fraction of sp³-hybridized carbons (Fsp3) is 0.350. The average Bonchev–Trinajstić information content (AvgIpc) is 2.60. The van der Waals surface area contributed by atoms with Crippen LogP contribution in [0.1, 0.15) is 35.7 Å². The molecular weight excluding hydrogens is 304 g/mol. The van der Waals surface area contributed by atoms with Crippen LogP contribution < -0.4 is 9.47 Å². The summed E-state index contributed by atoms with van der Waals surface area (Å²) in [5.74, 6) is 1.25. The van der Waals surface area contributed by atoms with Gasteiger partial charge in [-0.25, -0.2) is 4.79 Å². The molecule has 4 heteroatoms. The number of esters is 1. The summed E-state index contributed by atoms with van der Waals surface area (Å²) in [5, 5.41) is 0. The SMILES string of the molecule is CCOC(=O)c1cccc(OCCCCOc2ccc(C)cc2)c1. The summed E-state index contributed by atoms with van der Waals surface area (Å²) in [4.78, 5) is 11.7. The molecule has 0 aliphatic heterocycles. The van der Waals surface area contributed by atoms with E-state index >= 15 is 0 Å². The molecule has 0 radical (unpaired) electrons. The molecule has 2 aromatic rings. The van der Waals surface area contributed by atoms with E-state index in [4.69, 9.17) is 14.2 Å². The predicted octanol–water partition coefficient (Wildman–Crippen LogP) is 4.41. The molecule has 2 rings (SSSR count). The van der Waals surface area contributed by atoms with Crippen LogP contribution >= 0.6 is 0 Å². The van der Waals surface area contributed by atoms with Crippen LogP contribution in [0, 0.1) is 6.92 Å². The minimum atomic E-state index is -0.325. The molecule has 0 heterocycles. The molecule has 0 amide bonds. The topological polar surface area (TPSA) is 44.8 Å². The third-order valence-electron chi connectivity index (χ3n) is 3.44. The fourth-order valence-corrected chi connectivity index (χ4v) is 2.15. The van der Waals surface area contributed by atoms with Crippen molar-refractivity contribution in [2.75, 3.05) is 19.8 Å². The molecule has 0 atom stereocenters. The molecule has 0 saturated heterocycles. The van der Waals surface area contributed by atoms with Gasteiger partial charge in [-0.1, -0.05) is 23.8 Å². The van der Waals surface area contributed by atoms with Crippen LogP contribution in [0.4, 0.5) is 0 Å². The average molecular weight is 328 g/mol. The molecule has 0 saturated carbocycles. The van der Waals surface area contributed by atoms with Gasteiger partial charge in [0.1, 0.15) is 11.5 Å². The molecule has 0 N–H and O–H groups in total. The van der Waals surface area contributed by atoms with E-state index in [-0.39, 0.29) is 5.97 Å². The number of carbonyl (C=O) groups is 1. The van der Waals surface area contributed by atoms with Gasteiger partial charge in [0, 0.05) is 0 Å². The van der Waals surface area contributed by atoms with Gasteiger partial charge in [-0.05, 0) is 57.0 Å². The Morgan fingerprint density at radius 1 is 0.917 bits per heavy atom. The Bertz CT molecular complexity index is 634. The second-order valence-electron chi connectivity index (χ2n) is 5.47. The maximum absolute atomic E-state index is 11.7. The molecular formula is C20H24O4. The van der Waals surface area contributed by atoms with Crippen LogP contribution in [-0.2, 0) is 4.74 Å². The lowest BCUT2D eigenvalue weighted by Gasteiger charge is -2.09. The highest BCUT2D eigenvalue weighted by Crippen LogP contribution is 2.15. The molecule has 4 nitrogen and oxygen atoms in total. The number of rotatable bonds is 9. The van der Waals surface area contributed by atoms with E-state index in [0.717, 1.165) is 18.6 Å². The highest BCUT2D eigenvalue weighted by atomic mass is 16.5. The number of benzene rings is 2. The minimum absolute atomic E-state index is 0.325. The monoisotopic (exact) mass is 328 g/mol. The molecule has 0 aliphatic rings. The van der Waals surface area contributed by atoms with Crippen LogP contribution in [0.5, 0.6) is 11.5 Å². The molecule has 0 fully saturated rings. The van der Waals surface area contributed by atoms with Crippen molar-refractivity contribution >= 4 is 5.97 Å². The Kier molecular flexibility index (Phi) is 7.15. The van der Waals surface area contributed by atoms with Crippen molar-refractivity contribution in [3.8, 4) is 11.5 Å². The zero-order valence-corrected chi connectivity index (χ0v) is 14.3. The third-order valence-corrected chi connectivity index (χ3v) is 3.44. The highest BCUT2D eigenvalue weighted by Gasteiger charge is 2.07. The molecule has 0 aliphatic carbocycles. The van der Waals surface area contributed by atoms with E-state index in [2.05, 4.69) is 6.92 Å². The van der Waals surface area contributed by atoms with Crippen LogP contribution in [0.25, 0.3) is 0 Å². The largest absolute Gasteiger partial charge is 0.494 e. The Morgan fingerprint density at radius 3 is 2.25 bits per heavy atom. The normalized spacial score (nSPS) is 10.2. The summed E-state index contributed by atoms with van der Waals surface area (Å²) in [6.07, 6.45) is 1.79. The summed E-state index contributed by atoms with van der Waals surface area (Å²) >= 11 is 0. The zero-order valence-electron chi connectivity index (χ0n) is 14.3. The van der Waals surface area contributed by atoms with Crippen LogP contribution in [-0.4, -0.2) is 25.8 Å². The van der Waals surface area contributed by atoms with E-state index in [9.17, 15) is 4.79 Å². The number of hydrogen-bond donors (Lipinski definition) is 0. The maximum Gasteiger partial charge on any atom is 0.338 e. The molecule has 0 aromatic heterocycles. The van der Waals surface area contributed by atoms with Crippen LogP contribution in [0.3, 0.4) is 0 Å². The zero-order chi connectivity index (χ0) is 17.2. The Labute approximate surface area is 143 Å². The lowest BCUT2D eigenvalue weighted by atomic mass is 10.2. The summed E-state index contributed by atoms with van der Waals surface area (Å²) < 4.78 is 16.3. The number of aryl methyl sites for hydroxylation is 1. The first-order valence-electron chi connectivity index (χ1n) is 8.28. The van der Waals surface area contributed by atoms with Gasteiger partial charge >= 0.3 is 5.97 Å². The Morgan fingerprint density at radius 2 is 1.58 bits per heavy atom. The molecule has 0 bridgehead atoms. The molecule has 0 spiro atoms. The van der Waals surface area contributed by atoms with E-state index in [1.165, 1.54) is 5.56 Å². The van der Waals surface area contributed by atoms with Crippen LogP contribution in [0.2, 0.25) is 0 Å². The van der Waals surface area contributed by atoms with Gasteiger partial charge < -0.3 is 14.2 Å². The van der Waals surface area contributed by atoms with E-state index in [1.807, 2.05) is 30.3 Å². The molecule has 2 aromatic carbocycles. The van der Waals surface area contributed by atoms with Crippen molar-refractivity contribution in [3.05, 3.63) is 59.7 Å². The second-order valence-corrected chi connectivity index (χ2v) is 5.47. The summed E-state index contributed by atoms with van der Waals surface area (Å²) in [7, 11) is 0. The minimum Gasteiger partial charge on any atom is -0.494 e. The Balaban J connectivity index is 1.66. The van der Waals surface area contributed by atoms with Crippen molar-refractivity contribution in [3.63, 3.8) is 0 Å². The van der Waals surface area contributed by atoms with Gasteiger partial charge in [0.15, 0.2) is 0 Å². The highest BCUT2D eigenvalue weighted by molar-refractivity contribution is 5.89. The molecule has 24 heavy (non-hydrogen) atoms. The Hall–Kier alpha value is -2.49. The van der Waals surface area contributed by atoms with Gasteiger partial charge in [0.2, 0.25) is 0 Å². The lowest BCUT2D eigenvalue weighted by Crippen LogP contribution is -2.06. The van der Waals surface area contributed by atoms with Gasteiger partial charge in [-0.15, -0.1) is 0 Å². The predicted molar refractivity (Wildman–Crippen MR) is 93.8 cm³/mol. The summed E-state index contributed by atoms with van der Waals surface area (Å²) in [6.45, 7) is 5.46. The van der Waals surface area contributed by atoms with Gasteiger partial charge in [0.25, 0.3) is 0 Å². The fourth-order valence-electron chi connectivity index (χ4n) is 2.15. The maximum atomic E-state index is 11.7. The summed E-state index contributed by atoms with van der Waals surface area (Å²) in [5.41, 5.74) is 1.73. The quantitative estimate of drug-likeness (QED) is 0.505. The van der Waals surface area contributed by atoms with E-state index in [1.54, 1.807) is 25.1 Å². The van der Waals surface area contributed by atoms with E-state index in [0.29, 0.717) is 31.1 Å². The molecule has 0 unspecified atom stereocenters. The van der Waals surface area contributed by atoms with Crippen molar-refractivity contribution in [1.29, 1.82) is 0 Å². The molecule has 128 valence electrons. The van der Waals surface area contributed by atoms with Gasteiger partial charge in [-0.3, -0.25) is 0 Å². The number of hydrogen-bond acceptors (Lipinski definition) is 4. The van der Waals surface area contributed by atoms with Crippen molar-refractivity contribution in [2.45, 2.75) is 26.7 Å². The number of carbonyl (C=O) groups excluding carboxylic acids is 1. The van der Waals surface area contributed by atoms with Gasteiger partial charge in [-0.2, -0.15) is 0 Å². The van der Waals surface area contributed by atoms with Crippen molar-refractivity contribution in [1.82, 2.24) is 0 Å². The third kappa shape index (κ3) is 5.95. The standard InChI is InChI=1S/C20H24O4/c1-3-22-20(21)17-7-6-8-19(15-17)24-14-5-4-13-23-18-11-9-16(2)10-12-18/h6-12,15H,3-5,13-14H2,1-2H3. The lowest BCUT2D eigenvalue weighted by molar-refractivity contribution is 0.0526. The van der Waals surface area contributed by atoms with Crippen molar-refractivity contribution < 1.29 is 19.0 Å². The first kappa shape index (κ1) is 17.9. The smallest absolute Gasteiger partial charge is 0.338 e. The van der Waals surface area contributed by atoms with Crippen LogP contribution in [0.15, 0.2) is 48.5 Å². The number of ether oxygens (including phenoxy) is 3. The van der Waals surface area contributed by atoms with Gasteiger partial charge in [0.05, 0.1) is 25.4 Å². The van der Waals surface area contributed by atoms with E-state index < -0.39 is 0 Å². The first-order valence-corrected chi connectivity index (χ1v) is 8.28. The van der Waals surface area contributed by atoms with Crippen molar-refractivity contribution in [2.24, 2.45) is 0 Å². The number of unbranched alkanes of at least 4 members (excludes halogenated alkanes) is 1. The summed E-state index contributed by atoms with van der Waals surface area (Å²) in [6, 6.07) is 15.1. The second kappa shape index (κ2) is 9.60.